The fraction of sp³-hybridized carbons (Fsp3) is 0.571. The first-order valence-electron chi connectivity index (χ1n) is 6.95. The molecule has 1 saturated heterocycles. The molecule has 0 radical (unpaired) electrons. The maximum Gasteiger partial charge on any atom is 0.341 e. The fourth-order valence-corrected chi connectivity index (χ4v) is 2.89. The van der Waals surface area contributed by atoms with E-state index < -0.39 is 12.1 Å². The molecular formula is C14H19NO5S. The molecule has 116 valence electrons. The van der Waals surface area contributed by atoms with Crippen LogP contribution in [0.3, 0.4) is 0 Å². The van der Waals surface area contributed by atoms with Gasteiger partial charge in [0.1, 0.15) is 5.00 Å². The highest BCUT2D eigenvalue weighted by Crippen LogP contribution is 2.29. The zero-order valence-corrected chi connectivity index (χ0v) is 13.0. The van der Waals surface area contributed by atoms with Crippen molar-refractivity contribution < 1.29 is 23.8 Å². The van der Waals surface area contributed by atoms with Gasteiger partial charge in [0.15, 0.2) is 6.10 Å². The average molecular weight is 313 g/mol. The summed E-state index contributed by atoms with van der Waals surface area (Å²) in [5.74, 6) is -0.727. The summed E-state index contributed by atoms with van der Waals surface area (Å²) in [6.07, 6.45) is 0.150. The Morgan fingerprint density at radius 2 is 2.24 bits per heavy atom. The maximum absolute atomic E-state index is 12.1. The summed E-state index contributed by atoms with van der Waals surface area (Å²) in [7, 11) is 0. The molecule has 1 aromatic heterocycles. The predicted octanol–water partition coefficient (Wildman–Crippen LogP) is 1.84. The number of thiophene rings is 1. The SMILES string of the molecule is CCOC(=O)c1cc(CC)sc1NC(=O)C1COCCO1. The molecule has 1 atom stereocenters. The maximum atomic E-state index is 12.1. The number of hydrogen-bond acceptors (Lipinski definition) is 6. The number of carbonyl (C=O) groups is 2. The van der Waals surface area contributed by atoms with Crippen molar-refractivity contribution in [1.29, 1.82) is 0 Å². The summed E-state index contributed by atoms with van der Waals surface area (Å²) in [5.41, 5.74) is 0.392. The van der Waals surface area contributed by atoms with Crippen LogP contribution in [0.15, 0.2) is 6.07 Å². The van der Waals surface area contributed by atoms with E-state index in [-0.39, 0.29) is 12.5 Å². The summed E-state index contributed by atoms with van der Waals surface area (Å²) in [5, 5.41) is 3.25. The van der Waals surface area contributed by atoms with Crippen LogP contribution in [0.4, 0.5) is 5.00 Å². The van der Waals surface area contributed by atoms with Gasteiger partial charge >= 0.3 is 5.97 Å². The van der Waals surface area contributed by atoms with Gasteiger partial charge in [-0.15, -0.1) is 11.3 Å². The third-order valence-corrected chi connectivity index (χ3v) is 4.17. The molecule has 21 heavy (non-hydrogen) atoms. The Kier molecular flexibility index (Phi) is 5.72. The predicted molar refractivity (Wildman–Crippen MR) is 78.8 cm³/mol. The van der Waals surface area contributed by atoms with Crippen molar-refractivity contribution in [3.63, 3.8) is 0 Å². The molecule has 7 heteroatoms. The van der Waals surface area contributed by atoms with Gasteiger partial charge in [0.05, 0.1) is 32.0 Å². The number of aryl methyl sites for hydroxylation is 1. The number of amides is 1. The third-order valence-electron chi connectivity index (χ3n) is 2.97. The van der Waals surface area contributed by atoms with Crippen molar-refractivity contribution in [3.05, 3.63) is 16.5 Å². The number of ether oxygens (including phenoxy) is 3. The van der Waals surface area contributed by atoms with Crippen LogP contribution in [0.5, 0.6) is 0 Å². The Balaban J connectivity index is 2.12. The lowest BCUT2D eigenvalue weighted by atomic mass is 10.2. The van der Waals surface area contributed by atoms with Gasteiger partial charge in [-0.05, 0) is 19.4 Å². The van der Waals surface area contributed by atoms with E-state index in [1.165, 1.54) is 11.3 Å². The highest BCUT2D eigenvalue weighted by atomic mass is 32.1. The molecule has 1 aliphatic rings. The monoisotopic (exact) mass is 313 g/mol. The second-order valence-electron chi connectivity index (χ2n) is 4.45. The molecule has 0 saturated carbocycles. The van der Waals surface area contributed by atoms with Crippen LogP contribution < -0.4 is 5.32 Å². The van der Waals surface area contributed by atoms with Crippen molar-refractivity contribution in [2.45, 2.75) is 26.4 Å². The lowest BCUT2D eigenvalue weighted by Crippen LogP contribution is -2.39. The molecule has 1 amide bonds. The molecule has 2 rings (SSSR count). The smallest absolute Gasteiger partial charge is 0.341 e. The Bertz CT molecular complexity index is 507. The van der Waals surface area contributed by atoms with Gasteiger partial charge in [-0.25, -0.2) is 4.79 Å². The quantitative estimate of drug-likeness (QED) is 0.840. The summed E-state index contributed by atoms with van der Waals surface area (Å²) >= 11 is 1.38. The summed E-state index contributed by atoms with van der Waals surface area (Å²) in [6.45, 7) is 5.15. The van der Waals surface area contributed by atoms with E-state index in [9.17, 15) is 9.59 Å². The topological polar surface area (TPSA) is 73.9 Å². The minimum Gasteiger partial charge on any atom is -0.462 e. The van der Waals surface area contributed by atoms with Gasteiger partial charge in [0.2, 0.25) is 0 Å². The molecule has 1 N–H and O–H groups in total. The summed E-state index contributed by atoms with van der Waals surface area (Å²) in [4.78, 5) is 25.1. The molecule has 1 unspecified atom stereocenters. The largest absolute Gasteiger partial charge is 0.462 e. The molecule has 1 fully saturated rings. The second-order valence-corrected chi connectivity index (χ2v) is 5.59. The lowest BCUT2D eigenvalue weighted by molar-refractivity contribution is -0.142. The number of carbonyl (C=O) groups excluding carboxylic acids is 2. The van der Waals surface area contributed by atoms with Crippen molar-refractivity contribution >= 4 is 28.2 Å². The molecule has 1 aromatic rings. The van der Waals surface area contributed by atoms with Gasteiger partial charge in [-0.1, -0.05) is 6.92 Å². The summed E-state index contributed by atoms with van der Waals surface area (Å²) < 4.78 is 15.6. The minimum absolute atomic E-state index is 0.229. The van der Waals surface area contributed by atoms with Crippen molar-refractivity contribution in [1.82, 2.24) is 0 Å². The first-order chi connectivity index (χ1) is 10.2. The number of rotatable bonds is 5. The molecule has 2 heterocycles. The Morgan fingerprint density at radius 3 is 2.86 bits per heavy atom. The first-order valence-corrected chi connectivity index (χ1v) is 7.77. The lowest BCUT2D eigenvalue weighted by Gasteiger charge is -2.21. The van der Waals surface area contributed by atoms with E-state index in [4.69, 9.17) is 14.2 Å². The van der Waals surface area contributed by atoms with E-state index in [1.807, 2.05) is 6.92 Å². The van der Waals surface area contributed by atoms with E-state index >= 15 is 0 Å². The first kappa shape index (κ1) is 15.9. The minimum atomic E-state index is -0.638. The Hall–Kier alpha value is -1.44. The standard InChI is InChI=1S/C14H19NO5S/c1-3-9-7-10(14(17)19-4-2)13(21-9)15-12(16)11-8-18-5-6-20-11/h7,11H,3-6,8H2,1-2H3,(H,15,16). The van der Waals surface area contributed by atoms with Gasteiger partial charge in [-0.3, -0.25) is 4.79 Å². The average Bonchev–Trinajstić information content (AvgIpc) is 2.91. The normalized spacial score (nSPS) is 18.3. The molecular weight excluding hydrogens is 294 g/mol. The van der Waals surface area contributed by atoms with Gasteiger partial charge in [0.25, 0.3) is 5.91 Å². The highest BCUT2D eigenvalue weighted by molar-refractivity contribution is 7.16. The number of esters is 1. The van der Waals surface area contributed by atoms with E-state index in [2.05, 4.69) is 5.32 Å². The number of hydrogen-bond donors (Lipinski definition) is 1. The highest BCUT2D eigenvalue weighted by Gasteiger charge is 2.25. The van der Waals surface area contributed by atoms with Crippen LogP contribution in [0.2, 0.25) is 0 Å². The fourth-order valence-electron chi connectivity index (χ4n) is 1.90. The molecule has 0 aliphatic carbocycles. The summed E-state index contributed by atoms with van der Waals surface area (Å²) in [6, 6.07) is 1.76. The zero-order valence-electron chi connectivity index (χ0n) is 12.1. The van der Waals surface area contributed by atoms with Crippen LogP contribution in [0, 0.1) is 0 Å². The Morgan fingerprint density at radius 1 is 1.43 bits per heavy atom. The van der Waals surface area contributed by atoms with Gasteiger partial charge in [-0.2, -0.15) is 0 Å². The van der Waals surface area contributed by atoms with Crippen LogP contribution in [0.1, 0.15) is 29.1 Å². The molecule has 0 bridgehead atoms. The van der Waals surface area contributed by atoms with E-state index in [0.29, 0.717) is 30.4 Å². The van der Waals surface area contributed by atoms with Crippen molar-refractivity contribution in [2.24, 2.45) is 0 Å². The molecule has 1 aliphatic heterocycles. The van der Waals surface area contributed by atoms with Crippen LogP contribution in [0.25, 0.3) is 0 Å². The van der Waals surface area contributed by atoms with Crippen LogP contribution >= 0.6 is 11.3 Å². The zero-order chi connectivity index (χ0) is 15.2. The second kappa shape index (κ2) is 7.53. The molecule has 6 nitrogen and oxygen atoms in total. The van der Waals surface area contributed by atoms with Crippen molar-refractivity contribution in [3.8, 4) is 0 Å². The van der Waals surface area contributed by atoms with E-state index in [0.717, 1.165) is 11.3 Å². The number of nitrogens with one attached hydrogen (secondary N) is 1. The van der Waals surface area contributed by atoms with Crippen molar-refractivity contribution in [2.75, 3.05) is 31.7 Å². The molecule has 0 spiro atoms. The van der Waals surface area contributed by atoms with Gasteiger partial charge in [0, 0.05) is 4.88 Å². The van der Waals surface area contributed by atoms with Gasteiger partial charge < -0.3 is 19.5 Å². The third kappa shape index (κ3) is 4.03. The number of anilines is 1. The van der Waals surface area contributed by atoms with E-state index in [1.54, 1.807) is 13.0 Å². The Labute approximate surface area is 127 Å². The van der Waals surface area contributed by atoms with Crippen LogP contribution in [-0.4, -0.2) is 44.4 Å². The van der Waals surface area contributed by atoms with Crippen LogP contribution in [-0.2, 0) is 25.4 Å². The molecule has 0 aromatic carbocycles.